The first-order chi connectivity index (χ1) is 13.9. The normalized spacial score (nSPS) is 17.1. The van der Waals surface area contributed by atoms with Crippen molar-refractivity contribution in [3.8, 4) is 17.6 Å². The van der Waals surface area contributed by atoms with Gasteiger partial charge in [0.2, 0.25) is 0 Å². The van der Waals surface area contributed by atoms with Crippen LogP contribution in [0.1, 0.15) is 31.0 Å². The SMILES string of the molecule is CCS(=O)(=O)c1cc(C2(C#N)CC2)cnc1-c1ncc(C=CC(Cl)C(F)(F)F)n1C. The Morgan fingerprint density at radius 2 is 2.03 bits per heavy atom. The first-order valence-electron chi connectivity index (χ1n) is 9.01. The summed E-state index contributed by atoms with van der Waals surface area (Å²) < 4.78 is 64.7. The molecule has 2 aromatic heterocycles. The summed E-state index contributed by atoms with van der Waals surface area (Å²) >= 11 is 5.31. The van der Waals surface area contributed by atoms with Crippen LogP contribution in [0, 0.1) is 11.3 Å². The fourth-order valence-electron chi connectivity index (χ4n) is 2.95. The molecule has 1 atom stereocenters. The highest BCUT2D eigenvalue weighted by Crippen LogP contribution is 2.48. The molecule has 11 heteroatoms. The molecular weight excluding hydrogens is 441 g/mol. The third-order valence-electron chi connectivity index (χ3n) is 5.07. The van der Waals surface area contributed by atoms with Crippen LogP contribution in [0.4, 0.5) is 13.2 Å². The molecule has 1 saturated carbocycles. The highest BCUT2D eigenvalue weighted by molar-refractivity contribution is 7.91. The predicted octanol–water partition coefficient (Wildman–Crippen LogP) is 4.01. The summed E-state index contributed by atoms with van der Waals surface area (Å²) in [5.74, 6) is -0.00496. The monoisotopic (exact) mass is 458 g/mol. The van der Waals surface area contributed by atoms with Gasteiger partial charge in [0.25, 0.3) is 0 Å². The Hall–Kier alpha value is -2.38. The van der Waals surface area contributed by atoms with E-state index in [-0.39, 0.29) is 22.2 Å². The zero-order chi connectivity index (χ0) is 22.3. The summed E-state index contributed by atoms with van der Waals surface area (Å²) in [7, 11) is -2.17. The molecule has 0 aliphatic heterocycles. The van der Waals surface area contributed by atoms with E-state index in [2.05, 4.69) is 16.0 Å². The number of allylic oxidation sites excluding steroid dienone is 1. The summed E-state index contributed by atoms with van der Waals surface area (Å²) in [6.07, 6.45) is 1.40. The second-order valence-corrected chi connectivity index (χ2v) is 9.75. The molecule has 3 rings (SSSR count). The number of rotatable bonds is 6. The molecule has 0 radical (unpaired) electrons. The molecule has 0 spiro atoms. The molecule has 0 bridgehead atoms. The topological polar surface area (TPSA) is 88.6 Å². The van der Waals surface area contributed by atoms with Crippen molar-refractivity contribution in [2.75, 3.05) is 5.75 Å². The largest absolute Gasteiger partial charge is 0.408 e. The maximum absolute atomic E-state index is 12.7. The third kappa shape index (κ3) is 4.09. The van der Waals surface area contributed by atoms with Crippen LogP contribution in [0.3, 0.4) is 0 Å². The van der Waals surface area contributed by atoms with E-state index in [1.165, 1.54) is 43.1 Å². The molecule has 1 unspecified atom stereocenters. The van der Waals surface area contributed by atoms with Crippen LogP contribution in [0.25, 0.3) is 17.6 Å². The number of nitrogens with zero attached hydrogens (tertiary/aromatic N) is 4. The molecule has 0 aromatic carbocycles. The van der Waals surface area contributed by atoms with Gasteiger partial charge in [-0.2, -0.15) is 18.4 Å². The van der Waals surface area contributed by atoms with Crippen LogP contribution in [0.5, 0.6) is 0 Å². The standard InChI is InChI=1S/C19H18ClF3N4O2S/c1-3-30(28,29)14-8-12(18(11-24)6-7-18)9-25-16(14)17-26-10-13(27(17)2)4-5-15(20)19(21,22)23/h4-5,8-10,15H,3,6-7H2,1-2H3. The van der Waals surface area contributed by atoms with Gasteiger partial charge in [-0.25, -0.2) is 13.4 Å². The summed E-state index contributed by atoms with van der Waals surface area (Å²) in [5, 5.41) is 7.25. The van der Waals surface area contributed by atoms with Crippen LogP contribution >= 0.6 is 11.6 Å². The number of hydrogen-bond acceptors (Lipinski definition) is 5. The fraction of sp³-hybridized carbons (Fsp3) is 0.421. The molecule has 0 saturated heterocycles. The minimum Gasteiger partial charge on any atom is -0.326 e. The maximum atomic E-state index is 12.7. The zero-order valence-corrected chi connectivity index (χ0v) is 17.7. The third-order valence-corrected chi connectivity index (χ3v) is 7.20. The average molecular weight is 459 g/mol. The smallest absolute Gasteiger partial charge is 0.326 e. The molecule has 160 valence electrons. The Bertz CT molecular complexity index is 1150. The second-order valence-electron chi connectivity index (χ2n) is 7.04. The van der Waals surface area contributed by atoms with Crippen LogP contribution in [-0.4, -0.2) is 40.3 Å². The van der Waals surface area contributed by atoms with Gasteiger partial charge in [-0.3, -0.25) is 4.98 Å². The Morgan fingerprint density at radius 3 is 2.57 bits per heavy atom. The molecule has 2 heterocycles. The molecule has 2 aromatic rings. The predicted molar refractivity (Wildman–Crippen MR) is 105 cm³/mol. The molecule has 0 amide bonds. The lowest BCUT2D eigenvalue weighted by atomic mass is 9.99. The number of halogens is 4. The lowest BCUT2D eigenvalue weighted by Crippen LogP contribution is -2.20. The van der Waals surface area contributed by atoms with E-state index in [4.69, 9.17) is 11.6 Å². The molecular formula is C19H18ClF3N4O2S. The molecule has 30 heavy (non-hydrogen) atoms. The van der Waals surface area contributed by atoms with Crippen LogP contribution in [0.15, 0.2) is 29.4 Å². The van der Waals surface area contributed by atoms with Gasteiger partial charge < -0.3 is 4.57 Å². The van der Waals surface area contributed by atoms with Crippen molar-refractivity contribution in [2.45, 2.75) is 41.6 Å². The van der Waals surface area contributed by atoms with Gasteiger partial charge in [-0.05, 0) is 30.5 Å². The minimum absolute atomic E-state index is 0.0567. The number of aromatic nitrogens is 3. The van der Waals surface area contributed by atoms with E-state index in [1.807, 2.05) is 0 Å². The summed E-state index contributed by atoms with van der Waals surface area (Å²) in [4.78, 5) is 8.38. The second kappa shape index (κ2) is 7.71. The molecule has 1 aliphatic carbocycles. The van der Waals surface area contributed by atoms with Crippen molar-refractivity contribution in [1.82, 2.24) is 14.5 Å². The Morgan fingerprint density at radius 1 is 1.37 bits per heavy atom. The number of alkyl halides is 4. The van der Waals surface area contributed by atoms with Gasteiger partial charge in [-0.1, -0.05) is 13.0 Å². The van der Waals surface area contributed by atoms with E-state index < -0.39 is 26.8 Å². The maximum Gasteiger partial charge on any atom is 0.408 e. The van der Waals surface area contributed by atoms with Gasteiger partial charge in [0, 0.05) is 13.2 Å². The molecule has 0 N–H and O–H groups in total. The van der Waals surface area contributed by atoms with Crippen LogP contribution < -0.4 is 0 Å². The first kappa shape index (κ1) is 22.3. The summed E-state index contributed by atoms with van der Waals surface area (Å²) in [6, 6.07) is 3.67. The van der Waals surface area contributed by atoms with Gasteiger partial charge in [0.1, 0.15) is 11.1 Å². The Kier molecular flexibility index (Phi) is 5.73. The first-order valence-corrected chi connectivity index (χ1v) is 11.1. The van der Waals surface area contributed by atoms with Gasteiger partial charge >= 0.3 is 6.18 Å². The van der Waals surface area contributed by atoms with E-state index in [0.29, 0.717) is 24.1 Å². The van der Waals surface area contributed by atoms with Crippen molar-refractivity contribution in [2.24, 2.45) is 7.05 Å². The summed E-state index contributed by atoms with van der Waals surface area (Å²) in [6.45, 7) is 1.49. The lowest BCUT2D eigenvalue weighted by molar-refractivity contribution is -0.121. The molecule has 6 nitrogen and oxygen atoms in total. The van der Waals surface area contributed by atoms with Gasteiger partial charge in [-0.15, -0.1) is 11.6 Å². The lowest BCUT2D eigenvalue weighted by Gasteiger charge is -2.13. The number of pyridine rings is 1. The Labute approximate surface area is 176 Å². The van der Waals surface area contributed by atoms with Crippen molar-refractivity contribution >= 4 is 27.5 Å². The van der Waals surface area contributed by atoms with E-state index in [1.54, 1.807) is 0 Å². The van der Waals surface area contributed by atoms with E-state index in [0.717, 1.165) is 6.08 Å². The van der Waals surface area contributed by atoms with Crippen molar-refractivity contribution in [3.63, 3.8) is 0 Å². The fourth-order valence-corrected chi connectivity index (χ4v) is 4.08. The number of sulfone groups is 1. The van der Waals surface area contributed by atoms with Gasteiger partial charge in [0.15, 0.2) is 15.7 Å². The number of imidazole rings is 1. The number of nitriles is 1. The average Bonchev–Trinajstić information content (AvgIpc) is 3.42. The summed E-state index contributed by atoms with van der Waals surface area (Å²) in [5.41, 5.74) is 0.188. The van der Waals surface area contributed by atoms with Crippen molar-refractivity contribution < 1.29 is 21.6 Å². The highest BCUT2D eigenvalue weighted by atomic mass is 35.5. The van der Waals surface area contributed by atoms with E-state index in [9.17, 15) is 26.9 Å². The molecule has 1 fully saturated rings. The van der Waals surface area contributed by atoms with Gasteiger partial charge in [0.05, 0.1) is 34.0 Å². The highest BCUT2D eigenvalue weighted by Gasteiger charge is 2.46. The van der Waals surface area contributed by atoms with Crippen LogP contribution in [0.2, 0.25) is 0 Å². The Balaban J connectivity index is 2.07. The van der Waals surface area contributed by atoms with Crippen molar-refractivity contribution in [1.29, 1.82) is 5.26 Å². The van der Waals surface area contributed by atoms with E-state index >= 15 is 0 Å². The zero-order valence-electron chi connectivity index (χ0n) is 16.1. The molecule has 1 aliphatic rings. The van der Waals surface area contributed by atoms with Crippen molar-refractivity contribution in [3.05, 3.63) is 35.8 Å². The van der Waals surface area contributed by atoms with Crippen LogP contribution in [-0.2, 0) is 22.3 Å². The minimum atomic E-state index is -4.58. The number of hydrogen-bond donors (Lipinski definition) is 0. The quantitative estimate of drug-likeness (QED) is 0.610.